The van der Waals surface area contributed by atoms with E-state index >= 15 is 0 Å². The van der Waals surface area contributed by atoms with Crippen molar-refractivity contribution in [1.29, 1.82) is 0 Å². The average Bonchev–Trinajstić information content (AvgIpc) is 2.80. The van der Waals surface area contributed by atoms with Crippen molar-refractivity contribution in [2.75, 3.05) is 0 Å². The van der Waals surface area contributed by atoms with E-state index in [0.29, 0.717) is 11.3 Å². The van der Waals surface area contributed by atoms with Crippen molar-refractivity contribution in [2.45, 2.75) is 6.42 Å². The zero-order valence-corrected chi connectivity index (χ0v) is 13.0. The molecule has 23 heavy (non-hydrogen) atoms. The highest BCUT2D eigenvalue weighted by Gasteiger charge is 2.15. The predicted molar refractivity (Wildman–Crippen MR) is 84.2 cm³/mol. The number of nitrogens with one attached hydrogen (secondary N) is 1. The maximum Gasteiger partial charge on any atom is 0.338 e. The molecule has 0 aliphatic rings. The fourth-order valence-electron chi connectivity index (χ4n) is 2.37. The molecule has 0 saturated heterocycles. The smallest absolute Gasteiger partial charge is 0.338 e. The summed E-state index contributed by atoms with van der Waals surface area (Å²) in [6.45, 7) is 0. The number of carbonyl (C=O) groups is 1. The minimum Gasteiger partial charge on any atom is -0.478 e. The molecule has 0 aliphatic carbocycles. The summed E-state index contributed by atoms with van der Waals surface area (Å²) in [5, 5.41) is 9.35. The number of aromatic nitrogens is 2. The van der Waals surface area contributed by atoms with Crippen LogP contribution < -0.4 is 5.56 Å². The molecule has 0 atom stereocenters. The average molecular weight is 355 g/mol. The number of hydrogen-bond acceptors (Lipinski definition) is 2. The number of carboxylic acid groups (broad SMARTS) is 1. The van der Waals surface area contributed by atoms with E-state index in [4.69, 9.17) is 28.3 Å². The molecule has 3 rings (SSSR count). The van der Waals surface area contributed by atoms with Gasteiger partial charge >= 0.3 is 5.97 Å². The highest BCUT2D eigenvalue weighted by molar-refractivity contribution is 6.44. The molecule has 0 amide bonds. The van der Waals surface area contributed by atoms with E-state index in [1.807, 2.05) is 0 Å². The largest absolute Gasteiger partial charge is 0.478 e. The van der Waals surface area contributed by atoms with Crippen LogP contribution in [0.1, 0.15) is 21.6 Å². The van der Waals surface area contributed by atoms with Crippen LogP contribution in [0.5, 0.6) is 0 Å². The third-order valence-corrected chi connectivity index (χ3v) is 4.21. The van der Waals surface area contributed by atoms with Gasteiger partial charge in [-0.1, -0.05) is 29.3 Å². The first-order valence-corrected chi connectivity index (χ1v) is 7.22. The number of benzene rings is 1. The Labute approximate surface area is 138 Å². The molecular formula is C15H9Cl2FN2O3. The molecule has 2 heterocycles. The monoisotopic (exact) mass is 354 g/mol. The van der Waals surface area contributed by atoms with Gasteiger partial charge in [0.1, 0.15) is 11.3 Å². The standard InChI is InChI=1S/C15H9Cl2FN2O3/c16-10-6-20-8(5-19-14(21)13(20)12(10)17)3-7-1-2-11(18)9(4-7)15(22)23/h1-2,4-6H,3H2,(H,19,21)(H,22,23). The molecule has 0 bridgehead atoms. The van der Waals surface area contributed by atoms with Gasteiger partial charge < -0.3 is 14.5 Å². The van der Waals surface area contributed by atoms with E-state index < -0.39 is 22.9 Å². The zero-order chi connectivity index (χ0) is 16.7. The Kier molecular flexibility index (Phi) is 3.87. The van der Waals surface area contributed by atoms with E-state index in [1.54, 1.807) is 0 Å². The Balaban J connectivity index is 2.11. The molecule has 0 spiro atoms. The molecule has 2 N–H and O–H groups in total. The normalized spacial score (nSPS) is 11.1. The lowest BCUT2D eigenvalue weighted by atomic mass is 10.1. The van der Waals surface area contributed by atoms with Crippen LogP contribution in [0.2, 0.25) is 10.0 Å². The summed E-state index contributed by atoms with van der Waals surface area (Å²) in [6.07, 6.45) is 3.24. The third kappa shape index (κ3) is 2.71. The summed E-state index contributed by atoms with van der Waals surface area (Å²) in [5.41, 5.74) is 0.590. The number of carboxylic acids is 1. The van der Waals surface area contributed by atoms with Gasteiger partial charge in [-0.2, -0.15) is 0 Å². The number of aromatic carboxylic acids is 1. The van der Waals surface area contributed by atoms with Crippen molar-refractivity contribution in [1.82, 2.24) is 9.38 Å². The number of aromatic amines is 1. The summed E-state index contributed by atoms with van der Waals surface area (Å²) in [7, 11) is 0. The van der Waals surface area contributed by atoms with Crippen LogP contribution in [0.3, 0.4) is 0 Å². The van der Waals surface area contributed by atoms with E-state index in [2.05, 4.69) is 4.98 Å². The van der Waals surface area contributed by atoms with Crippen LogP contribution in [0.25, 0.3) is 5.52 Å². The highest BCUT2D eigenvalue weighted by Crippen LogP contribution is 2.27. The Morgan fingerprint density at radius 2 is 2.09 bits per heavy atom. The lowest BCUT2D eigenvalue weighted by Gasteiger charge is -2.07. The molecule has 0 fully saturated rings. The van der Waals surface area contributed by atoms with Crippen molar-refractivity contribution in [3.8, 4) is 0 Å². The molecule has 0 radical (unpaired) electrons. The van der Waals surface area contributed by atoms with Crippen molar-refractivity contribution in [3.05, 3.63) is 73.6 Å². The maximum atomic E-state index is 13.5. The number of H-pyrrole nitrogens is 1. The summed E-state index contributed by atoms with van der Waals surface area (Å²) in [5.74, 6) is -2.15. The Morgan fingerprint density at radius 1 is 1.35 bits per heavy atom. The number of rotatable bonds is 3. The van der Waals surface area contributed by atoms with Gasteiger partial charge in [0.15, 0.2) is 0 Å². The molecule has 1 aromatic carbocycles. The molecule has 2 aromatic heterocycles. The van der Waals surface area contributed by atoms with Crippen LogP contribution in [0, 0.1) is 5.82 Å². The summed E-state index contributed by atoms with van der Waals surface area (Å²) in [6, 6.07) is 3.82. The number of hydrogen-bond donors (Lipinski definition) is 2. The van der Waals surface area contributed by atoms with Gasteiger partial charge in [0.25, 0.3) is 5.56 Å². The molecule has 8 heteroatoms. The Hall–Kier alpha value is -2.31. The molecule has 0 saturated carbocycles. The topological polar surface area (TPSA) is 74.6 Å². The van der Waals surface area contributed by atoms with Crippen molar-refractivity contribution < 1.29 is 14.3 Å². The van der Waals surface area contributed by atoms with Gasteiger partial charge in [0.2, 0.25) is 0 Å². The Morgan fingerprint density at radius 3 is 2.78 bits per heavy atom. The lowest BCUT2D eigenvalue weighted by molar-refractivity contribution is 0.0691. The van der Waals surface area contributed by atoms with Crippen molar-refractivity contribution >= 4 is 34.7 Å². The van der Waals surface area contributed by atoms with Crippen LogP contribution in [0.15, 0.2) is 35.4 Å². The zero-order valence-electron chi connectivity index (χ0n) is 11.4. The van der Waals surface area contributed by atoms with Gasteiger partial charge in [0.05, 0.1) is 15.6 Å². The number of halogens is 3. The summed E-state index contributed by atoms with van der Waals surface area (Å²) >= 11 is 12.0. The van der Waals surface area contributed by atoms with Gasteiger partial charge in [-0.15, -0.1) is 0 Å². The van der Waals surface area contributed by atoms with Crippen LogP contribution in [-0.4, -0.2) is 20.5 Å². The molecule has 3 aromatic rings. The first kappa shape index (κ1) is 15.6. The number of nitrogens with zero attached hydrogens (tertiary/aromatic N) is 1. The van der Waals surface area contributed by atoms with Gasteiger partial charge in [-0.3, -0.25) is 4.79 Å². The quantitative estimate of drug-likeness (QED) is 0.757. The molecule has 0 aliphatic heterocycles. The van der Waals surface area contributed by atoms with E-state index in [1.165, 1.54) is 28.9 Å². The second kappa shape index (κ2) is 5.72. The third-order valence-electron chi connectivity index (χ3n) is 3.44. The Bertz CT molecular complexity index is 994. The second-order valence-corrected chi connectivity index (χ2v) is 5.70. The summed E-state index contributed by atoms with van der Waals surface area (Å²) in [4.78, 5) is 25.4. The molecule has 0 unspecified atom stereocenters. The van der Waals surface area contributed by atoms with Crippen LogP contribution in [-0.2, 0) is 6.42 Å². The van der Waals surface area contributed by atoms with Crippen LogP contribution >= 0.6 is 23.2 Å². The fourth-order valence-corrected chi connectivity index (χ4v) is 2.78. The van der Waals surface area contributed by atoms with Crippen molar-refractivity contribution in [3.63, 3.8) is 0 Å². The molecular weight excluding hydrogens is 346 g/mol. The second-order valence-electron chi connectivity index (χ2n) is 4.91. The minimum absolute atomic E-state index is 0.139. The van der Waals surface area contributed by atoms with Gasteiger partial charge in [0, 0.05) is 24.5 Å². The van der Waals surface area contributed by atoms with Gasteiger partial charge in [-0.25, -0.2) is 9.18 Å². The highest BCUT2D eigenvalue weighted by atomic mass is 35.5. The first-order chi connectivity index (χ1) is 10.9. The van der Waals surface area contributed by atoms with Crippen LogP contribution in [0.4, 0.5) is 4.39 Å². The number of fused-ring (bicyclic) bond motifs is 1. The lowest BCUT2D eigenvalue weighted by Crippen LogP contribution is -2.12. The minimum atomic E-state index is -1.34. The maximum absolute atomic E-state index is 13.5. The molecule has 118 valence electrons. The predicted octanol–water partition coefficient (Wildman–Crippen LogP) is 3.36. The molecule has 5 nitrogen and oxygen atoms in total. The SMILES string of the molecule is O=C(O)c1cc(Cc2c[nH]c(=O)c3c(Cl)c(Cl)cn23)ccc1F. The first-order valence-electron chi connectivity index (χ1n) is 6.47. The summed E-state index contributed by atoms with van der Waals surface area (Å²) < 4.78 is 15.0. The van der Waals surface area contributed by atoms with Gasteiger partial charge in [-0.05, 0) is 17.7 Å². The van der Waals surface area contributed by atoms with Crippen molar-refractivity contribution in [2.24, 2.45) is 0 Å². The van der Waals surface area contributed by atoms with E-state index in [9.17, 15) is 14.0 Å². The van der Waals surface area contributed by atoms with E-state index in [0.717, 1.165) is 6.07 Å². The fraction of sp³-hybridized carbons (Fsp3) is 0.0667. The van der Waals surface area contributed by atoms with E-state index in [-0.39, 0.29) is 22.0 Å².